The van der Waals surface area contributed by atoms with Crippen LogP contribution in [0, 0.1) is 17.6 Å². The van der Waals surface area contributed by atoms with Crippen molar-refractivity contribution < 1.29 is 18.7 Å². The van der Waals surface area contributed by atoms with Gasteiger partial charge >= 0.3 is 0 Å². The number of likely N-dealkylation sites (tertiary alicyclic amines) is 1. The number of aliphatic hydroxyl groups excluding tert-OH is 1. The van der Waals surface area contributed by atoms with E-state index in [1.165, 1.54) is 0 Å². The first-order valence-electron chi connectivity index (χ1n) is 8.55. The maximum Gasteiger partial charge on any atom is 0.220 e. The topological polar surface area (TPSA) is 52.6 Å². The van der Waals surface area contributed by atoms with Crippen LogP contribution in [0.1, 0.15) is 31.7 Å². The number of carbonyl (C=O) groups excluding carboxylic acids is 1. The average Bonchev–Trinajstić information content (AvgIpc) is 2.56. The molecule has 24 heavy (non-hydrogen) atoms. The molecule has 1 unspecified atom stereocenters. The Morgan fingerprint density at radius 3 is 2.79 bits per heavy atom. The Morgan fingerprint density at radius 2 is 2.08 bits per heavy atom. The van der Waals surface area contributed by atoms with Gasteiger partial charge < -0.3 is 15.3 Å². The summed E-state index contributed by atoms with van der Waals surface area (Å²) in [6.45, 7) is 4.91. The summed E-state index contributed by atoms with van der Waals surface area (Å²) in [4.78, 5) is 14.0. The molecule has 1 aromatic carbocycles. The van der Waals surface area contributed by atoms with E-state index in [0.29, 0.717) is 6.54 Å². The minimum absolute atomic E-state index is 0.0638. The van der Waals surface area contributed by atoms with Gasteiger partial charge in [0, 0.05) is 19.5 Å². The summed E-state index contributed by atoms with van der Waals surface area (Å²) in [5.74, 6) is -0.562. The van der Waals surface area contributed by atoms with Crippen LogP contribution in [-0.2, 0) is 11.2 Å². The number of hydrogen-bond donors (Lipinski definition) is 2. The van der Waals surface area contributed by atoms with Crippen LogP contribution in [0.4, 0.5) is 8.78 Å². The Labute approximate surface area is 141 Å². The highest BCUT2D eigenvalue weighted by molar-refractivity contribution is 5.76. The number of aryl methyl sites for hydroxylation is 1. The highest BCUT2D eigenvalue weighted by Gasteiger charge is 2.18. The number of halogens is 2. The second-order valence-corrected chi connectivity index (χ2v) is 6.68. The fourth-order valence-electron chi connectivity index (χ4n) is 2.91. The third-order valence-electron chi connectivity index (χ3n) is 4.51. The highest BCUT2D eigenvalue weighted by atomic mass is 19.1. The lowest BCUT2D eigenvalue weighted by atomic mass is 9.99. The molecule has 1 aliphatic heterocycles. The van der Waals surface area contributed by atoms with Gasteiger partial charge in [0.05, 0.1) is 6.10 Å². The van der Waals surface area contributed by atoms with Crippen molar-refractivity contribution in [2.45, 2.75) is 38.7 Å². The van der Waals surface area contributed by atoms with Gasteiger partial charge in [0.1, 0.15) is 11.6 Å². The lowest BCUT2D eigenvalue weighted by Gasteiger charge is -2.31. The number of piperidine rings is 1. The molecule has 1 fully saturated rings. The Balaban J connectivity index is 1.66. The second kappa shape index (κ2) is 9.08. The van der Waals surface area contributed by atoms with E-state index in [9.17, 15) is 18.7 Å². The molecule has 134 valence electrons. The van der Waals surface area contributed by atoms with Crippen LogP contribution in [0.5, 0.6) is 0 Å². The number of amides is 1. The van der Waals surface area contributed by atoms with Crippen molar-refractivity contribution in [3.63, 3.8) is 0 Å². The standard InChI is InChI=1S/C18H26F2N2O2/c1-13-6-8-22(9-7-13)12-16(23)11-21-18(24)5-2-14-10-15(19)3-4-17(14)20/h3-4,10,13,16,23H,2,5-9,11-12H2,1H3,(H,21,24). The highest BCUT2D eigenvalue weighted by Crippen LogP contribution is 2.16. The minimum Gasteiger partial charge on any atom is -0.390 e. The first-order chi connectivity index (χ1) is 11.4. The molecule has 1 aromatic rings. The SMILES string of the molecule is CC1CCN(CC(O)CNC(=O)CCc2cc(F)ccc2F)CC1. The van der Waals surface area contributed by atoms with Crippen LogP contribution in [0.15, 0.2) is 18.2 Å². The third-order valence-corrected chi connectivity index (χ3v) is 4.51. The Morgan fingerprint density at radius 1 is 1.38 bits per heavy atom. The maximum atomic E-state index is 13.5. The zero-order valence-corrected chi connectivity index (χ0v) is 14.1. The molecule has 0 radical (unpaired) electrons. The van der Waals surface area contributed by atoms with Gasteiger partial charge in [-0.05, 0) is 62.0 Å². The van der Waals surface area contributed by atoms with Gasteiger partial charge in [0.2, 0.25) is 5.91 Å². The van der Waals surface area contributed by atoms with E-state index in [0.717, 1.165) is 50.0 Å². The summed E-state index contributed by atoms with van der Waals surface area (Å²) in [5, 5.41) is 12.7. The summed E-state index contributed by atoms with van der Waals surface area (Å²) in [5.41, 5.74) is 0.188. The summed E-state index contributed by atoms with van der Waals surface area (Å²) in [6.07, 6.45) is 1.86. The Kier molecular flexibility index (Phi) is 7.12. The minimum atomic E-state index is -0.617. The molecular weight excluding hydrogens is 314 g/mol. The molecule has 0 saturated carbocycles. The molecule has 6 heteroatoms. The van der Waals surface area contributed by atoms with E-state index in [4.69, 9.17) is 0 Å². The first kappa shape index (κ1) is 18.8. The molecule has 0 aromatic heterocycles. The summed E-state index contributed by atoms with van der Waals surface area (Å²) < 4.78 is 26.5. The maximum absolute atomic E-state index is 13.5. The van der Waals surface area contributed by atoms with Crippen LogP contribution >= 0.6 is 0 Å². The average molecular weight is 340 g/mol. The van der Waals surface area contributed by atoms with Crippen molar-refractivity contribution in [1.29, 1.82) is 0 Å². The number of hydrogen-bond acceptors (Lipinski definition) is 3. The van der Waals surface area contributed by atoms with Crippen molar-refractivity contribution in [3.05, 3.63) is 35.4 Å². The third kappa shape index (κ3) is 6.17. The summed E-state index contributed by atoms with van der Waals surface area (Å²) in [6, 6.07) is 3.22. The van der Waals surface area contributed by atoms with Crippen molar-refractivity contribution in [1.82, 2.24) is 10.2 Å². The van der Waals surface area contributed by atoms with Crippen LogP contribution in [-0.4, -0.2) is 48.2 Å². The molecular formula is C18H26F2N2O2. The van der Waals surface area contributed by atoms with Crippen LogP contribution in [0.3, 0.4) is 0 Å². The van der Waals surface area contributed by atoms with Gasteiger partial charge in [-0.3, -0.25) is 4.79 Å². The normalized spacial score (nSPS) is 17.7. The van der Waals surface area contributed by atoms with Crippen LogP contribution in [0.25, 0.3) is 0 Å². The predicted octanol–water partition coefficient (Wildman–Crippen LogP) is 2.11. The van der Waals surface area contributed by atoms with Gasteiger partial charge in [-0.2, -0.15) is 0 Å². The summed E-state index contributed by atoms with van der Waals surface area (Å²) >= 11 is 0. The van der Waals surface area contributed by atoms with Crippen molar-refractivity contribution in [2.75, 3.05) is 26.2 Å². The van der Waals surface area contributed by atoms with Crippen molar-refractivity contribution >= 4 is 5.91 Å². The molecule has 1 amide bonds. The molecule has 1 heterocycles. The number of aliphatic hydroxyl groups is 1. The zero-order valence-electron chi connectivity index (χ0n) is 14.1. The lowest BCUT2D eigenvalue weighted by Crippen LogP contribution is -2.43. The molecule has 0 aliphatic carbocycles. The lowest BCUT2D eigenvalue weighted by molar-refractivity contribution is -0.121. The molecule has 1 atom stereocenters. The first-order valence-corrected chi connectivity index (χ1v) is 8.55. The number of carbonyl (C=O) groups is 1. The zero-order chi connectivity index (χ0) is 17.5. The molecule has 1 saturated heterocycles. The van der Waals surface area contributed by atoms with Gasteiger partial charge in [-0.25, -0.2) is 8.78 Å². The fraction of sp³-hybridized carbons (Fsp3) is 0.611. The monoisotopic (exact) mass is 340 g/mol. The Hall–Kier alpha value is -1.53. The van der Waals surface area contributed by atoms with E-state index in [-0.39, 0.29) is 30.9 Å². The van der Waals surface area contributed by atoms with Gasteiger partial charge in [0.15, 0.2) is 0 Å². The van der Waals surface area contributed by atoms with Crippen LogP contribution in [0.2, 0.25) is 0 Å². The van der Waals surface area contributed by atoms with Gasteiger partial charge in [-0.15, -0.1) is 0 Å². The van der Waals surface area contributed by atoms with E-state index in [1.54, 1.807) is 0 Å². The molecule has 4 nitrogen and oxygen atoms in total. The van der Waals surface area contributed by atoms with Gasteiger partial charge in [-0.1, -0.05) is 6.92 Å². The van der Waals surface area contributed by atoms with E-state index >= 15 is 0 Å². The van der Waals surface area contributed by atoms with E-state index in [1.807, 2.05) is 0 Å². The van der Waals surface area contributed by atoms with Crippen molar-refractivity contribution in [3.8, 4) is 0 Å². The number of nitrogens with one attached hydrogen (secondary N) is 1. The Bertz CT molecular complexity index is 546. The quantitative estimate of drug-likeness (QED) is 0.799. The molecule has 0 spiro atoms. The van der Waals surface area contributed by atoms with E-state index in [2.05, 4.69) is 17.1 Å². The number of nitrogens with zero attached hydrogens (tertiary/aromatic N) is 1. The largest absolute Gasteiger partial charge is 0.390 e. The number of β-amino-alcohol motifs (C(OH)–C–C–N with tert-alkyl or cyclic N) is 1. The fourth-order valence-corrected chi connectivity index (χ4v) is 2.91. The van der Waals surface area contributed by atoms with Crippen molar-refractivity contribution in [2.24, 2.45) is 5.92 Å². The number of benzene rings is 1. The van der Waals surface area contributed by atoms with Gasteiger partial charge in [0.25, 0.3) is 0 Å². The second-order valence-electron chi connectivity index (χ2n) is 6.68. The smallest absolute Gasteiger partial charge is 0.220 e. The number of rotatable bonds is 7. The molecule has 2 rings (SSSR count). The van der Waals surface area contributed by atoms with Crippen LogP contribution < -0.4 is 5.32 Å². The molecule has 1 aliphatic rings. The van der Waals surface area contributed by atoms with E-state index < -0.39 is 17.7 Å². The molecule has 2 N–H and O–H groups in total. The predicted molar refractivity (Wildman–Crippen MR) is 88.5 cm³/mol. The molecule has 0 bridgehead atoms. The summed E-state index contributed by atoms with van der Waals surface area (Å²) in [7, 11) is 0.